The highest BCUT2D eigenvalue weighted by Gasteiger charge is 2.60. The van der Waals surface area contributed by atoms with Gasteiger partial charge in [-0.2, -0.15) is 0 Å². The van der Waals surface area contributed by atoms with Crippen LogP contribution in [-0.4, -0.2) is 21.8 Å². The topological polar surface area (TPSA) is 79.3 Å². The average molecular weight is 481 g/mol. The highest BCUT2D eigenvalue weighted by Crippen LogP contribution is 2.63. The molecule has 35 heavy (non-hydrogen) atoms. The van der Waals surface area contributed by atoms with Crippen LogP contribution < -0.4 is 5.32 Å². The van der Waals surface area contributed by atoms with E-state index in [2.05, 4.69) is 41.5 Å². The van der Waals surface area contributed by atoms with Crippen molar-refractivity contribution >= 4 is 17.5 Å². The number of aryl methyl sites for hydroxylation is 1. The van der Waals surface area contributed by atoms with Crippen molar-refractivity contribution in [3.63, 3.8) is 0 Å². The molecule has 5 rings (SSSR count). The number of aliphatic hydroxyl groups is 1. The van der Waals surface area contributed by atoms with Gasteiger partial charge in [-0.25, -0.2) is 13.8 Å². The molecule has 2 N–H and O–H groups in total. The molecule has 184 valence electrons. The molecule has 1 aromatic carbocycles. The fourth-order valence-corrected chi connectivity index (χ4v) is 7.14. The van der Waals surface area contributed by atoms with E-state index in [0.29, 0.717) is 36.3 Å². The average Bonchev–Trinajstić information content (AvgIpc) is 3.06. The number of nitrogens with zero attached hydrogens (tertiary/aromatic N) is 1. The lowest BCUT2D eigenvalue weighted by atomic mass is 9.54. The Balaban J connectivity index is 1.32. The molecule has 7 heteroatoms. The van der Waals surface area contributed by atoms with Gasteiger partial charge < -0.3 is 10.4 Å². The number of Topliss-reactive ketones (excluding diaryl/α,β-unsaturated/α-hetero) is 1. The van der Waals surface area contributed by atoms with E-state index in [9.17, 15) is 23.5 Å². The lowest BCUT2D eigenvalue weighted by molar-refractivity contribution is -0.127. The number of anilines is 1. The van der Waals surface area contributed by atoms with Gasteiger partial charge in [-0.1, -0.05) is 31.2 Å². The van der Waals surface area contributed by atoms with Gasteiger partial charge in [0, 0.05) is 23.5 Å². The maximum absolute atomic E-state index is 13.8. The minimum Gasteiger partial charge on any atom is -0.515 e. The number of benzene rings is 1. The largest absolute Gasteiger partial charge is 0.515 e. The Kier molecular flexibility index (Phi) is 6.20. The number of allylic oxidation sites excluding steroid dienone is 1. The van der Waals surface area contributed by atoms with Crippen molar-refractivity contribution in [3.05, 3.63) is 71.1 Å². The van der Waals surface area contributed by atoms with Gasteiger partial charge in [0.05, 0.1) is 12.5 Å². The van der Waals surface area contributed by atoms with Crippen molar-refractivity contribution in [2.45, 2.75) is 57.8 Å². The molecular formula is C28H30F2N2O3. The number of aromatic nitrogens is 1. The first kappa shape index (κ1) is 23.6. The van der Waals surface area contributed by atoms with Crippen molar-refractivity contribution < 1.29 is 23.5 Å². The summed E-state index contributed by atoms with van der Waals surface area (Å²) in [5.74, 6) is -1.67. The molecule has 0 saturated heterocycles. The standard InChI is InChI=1S/C28H30F2N2O3/c1-28-12-11-19-18-6-3-2-5-16(18)9-10-21(19)25(28)20(22(15-33)26(28)35)7-4-8-24(34)32-27-23(30)13-17(29)14-31-27/h2-3,5-6,13-15,19-21,25,33H,4,7-12H2,1H3,(H,31,32,34)/b22-15-/t19?,20-,21?,25?,28+/m1/s1. The zero-order chi connectivity index (χ0) is 24.7. The normalized spacial score (nSPS) is 30.5. The molecule has 3 unspecified atom stereocenters. The zero-order valence-electron chi connectivity index (χ0n) is 19.8. The van der Waals surface area contributed by atoms with Gasteiger partial charge in [-0.15, -0.1) is 0 Å². The molecule has 0 radical (unpaired) electrons. The lowest BCUT2D eigenvalue weighted by Crippen LogP contribution is -2.44. The second kappa shape index (κ2) is 9.17. The summed E-state index contributed by atoms with van der Waals surface area (Å²) in [5.41, 5.74) is 2.76. The second-order valence-corrected chi connectivity index (χ2v) is 10.4. The first-order valence-corrected chi connectivity index (χ1v) is 12.4. The summed E-state index contributed by atoms with van der Waals surface area (Å²) < 4.78 is 26.9. The van der Waals surface area contributed by atoms with Crippen LogP contribution in [0.4, 0.5) is 14.6 Å². The van der Waals surface area contributed by atoms with Gasteiger partial charge in [0.2, 0.25) is 5.91 Å². The van der Waals surface area contributed by atoms with Crippen LogP contribution in [0.3, 0.4) is 0 Å². The summed E-state index contributed by atoms with van der Waals surface area (Å²) in [6.45, 7) is 2.05. The Morgan fingerprint density at radius 2 is 2.09 bits per heavy atom. The van der Waals surface area contributed by atoms with Gasteiger partial charge >= 0.3 is 0 Å². The summed E-state index contributed by atoms with van der Waals surface area (Å²) in [4.78, 5) is 29.4. The second-order valence-electron chi connectivity index (χ2n) is 10.4. The zero-order valence-corrected chi connectivity index (χ0v) is 19.8. The Bertz CT molecular complexity index is 1200. The number of aliphatic hydroxyl groups excluding tert-OH is 1. The number of hydrogen-bond acceptors (Lipinski definition) is 4. The number of carbonyl (C=O) groups excluding carboxylic acids is 2. The van der Waals surface area contributed by atoms with Crippen molar-refractivity contribution in [2.24, 2.45) is 23.2 Å². The molecule has 3 aliphatic carbocycles. The SMILES string of the molecule is C[C@]12CCC3c4ccccc4CCC3C1[C@H](CCCC(=O)Nc1ncc(F)cc1F)/C(=C/O)C2=O. The summed E-state index contributed by atoms with van der Waals surface area (Å²) in [6, 6.07) is 9.26. The van der Waals surface area contributed by atoms with E-state index in [-0.39, 0.29) is 29.9 Å². The maximum atomic E-state index is 13.8. The molecule has 5 nitrogen and oxygen atoms in total. The first-order chi connectivity index (χ1) is 16.8. The first-order valence-electron chi connectivity index (χ1n) is 12.4. The quantitative estimate of drug-likeness (QED) is 0.414. The predicted octanol–water partition coefficient (Wildman–Crippen LogP) is 5.87. The molecule has 2 aromatic rings. The van der Waals surface area contributed by atoms with Crippen molar-refractivity contribution in [1.82, 2.24) is 4.98 Å². The molecule has 1 amide bonds. The molecule has 1 aromatic heterocycles. The van der Waals surface area contributed by atoms with Gasteiger partial charge in [0.25, 0.3) is 0 Å². The highest BCUT2D eigenvalue weighted by atomic mass is 19.1. The van der Waals surface area contributed by atoms with Crippen LogP contribution in [0.25, 0.3) is 0 Å². The van der Waals surface area contributed by atoms with Crippen molar-refractivity contribution in [1.29, 1.82) is 0 Å². The summed E-state index contributed by atoms with van der Waals surface area (Å²) in [6.07, 6.45) is 6.76. The Morgan fingerprint density at radius 3 is 2.86 bits per heavy atom. The Morgan fingerprint density at radius 1 is 1.29 bits per heavy atom. The number of ketones is 1. The number of hydrogen-bond donors (Lipinski definition) is 2. The van der Waals surface area contributed by atoms with Crippen LogP contribution in [0.2, 0.25) is 0 Å². The predicted molar refractivity (Wildman–Crippen MR) is 128 cm³/mol. The third-order valence-electron chi connectivity index (χ3n) is 8.63. The third-order valence-corrected chi connectivity index (χ3v) is 8.63. The Labute approximate surface area is 203 Å². The summed E-state index contributed by atoms with van der Waals surface area (Å²) in [7, 11) is 0. The minimum atomic E-state index is -0.924. The number of fused-ring (bicyclic) bond motifs is 5. The number of carbonyl (C=O) groups is 2. The molecule has 2 fully saturated rings. The Hall–Kier alpha value is -3.09. The van der Waals surface area contributed by atoms with E-state index < -0.39 is 23.0 Å². The fourth-order valence-electron chi connectivity index (χ4n) is 7.14. The molecular weight excluding hydrogens is 450 g/mol. The van der Waals surface area contributed by atoms with Gasteiger partial charge in [0.15, 0.2) is 17.4 Å². The lowest BCUT2D eigenvalue weighted by Gasteiger charge is -2.49. The third kappa shape index (κ3) is 4.05. The molecule has 3 aliphatic rings. The fraction of sp³-hybridized carbons (Fsp3) is 0.464. The molecule has 0 spiro atoms. The van der Waals surface area contributed by atoms with E-state index in [1.54, 1.807) is 0 Å². The van der Waals surface area contributed by atoms with Gasteiger partial charge in [-0.3, -0.25) is 9.59 Å². The molecule has 2 saturated carbocycles. The van der Waals surface area contributed by atoms with Crippen molar-refractivity contribution in [2.75, 3.05) is 5.32 Å². The smallest absolute Gasteiger partial charge is 0.225 e. The van der Waals surface area contributed by atoms with Gasteiger partial charge in [0.1, 0.15) is 5.82 Å². The van der Waals surface area contributed by atoms with Crippen LogP contribution in [0, 0.1) is 34.8 Å². The maximum Gasteiger partial charge on any atom is 0.225 e. The molecule has 0 bridgehead atoms. The molecule has 1 heterocycles. The number of rotatable bonds is 5. The monoisotopic (exact) mass is 480 g/mol. The van der Waals surface area contributed by atoms with Gasteiger partial charge in [-0.05, 0) is 73.3 Å². The van der Waals surface area contributed by atoms with E-state index in [0.717, 1.165) is 38.1 Å². The molecule has 0 aliphatic heterocycles. The van der Waals surface area contributed by atoms with Crippen LogP contribution in [0.1, 0.15) is 62.5 Å². The van der Waals surface area contributed by atoms with Crippen LogP contribution in [0.15, 0.2) is 48.4 Å². The van der Waals surface area contributed by atoms with E-state index in [1.165, 1.54) is 11.1 Å². The van der Waals surface area contributed by atoms with Crippen molar-refractivity contribution in [3.8, 4) is 0 Å². The van der Waals surface area contributed by atoms with E-state index in [4.69, 9.17) is 0 Å². The minimum absolute atomic E-state index is 0.0364. The number of pyridine rings is 1. The number of nitrogens with one attached hydrogen (secondary N) is 1. The molecule has 5 atom stereocenters. The van der Waals surface area contributed by atoms with Crippen LogP contribution in [0.5, 0.6) is 0 Å². The van der Waals surface area contributed by atoms with E-state index in [1.807, 2.05) is 0 Å². The van der Waals surface area contributed by atoms with E-state index >= 15 is 0 Å². The number of halogens is 2. The van der Waals surface area contributed by atoms with Crippen LogP contribution >= 0.6 is 0 Å². The highest BCUT2D eigenvalue weighted by molar-refractivity contribution is 6.03. The summed E-state index contributed by atoms with van der Waals surface area (Å²) >= 11 is 0. The number of amides is 1. The summed E-state index contributed by atoms with van der Waals surface area (Å²) in [5, 5.41) is 12.4. The van der Waals surface area contributed by atoms with Crippen LogP contribution in [-0.2, 0) is 16.0 Å².